The molecular weight excluding hydrogens is 512 g/mol. The number of ether oxygens (including phenoxy) is 1. The molecule has 1 aliphatic heterocycles. The molecule has 0 atom stereocenters. The lowest BCUT2D eigenvalue weighted by Crippen LogP contribution is -1.97. The molecule has 0 fully saturated rings. The second-order valence-electron chi connectivity index (χ2n) is 10.9. The van der Waals surface area contributed by atoms with Gasteiger partial charge in [-0.15, -0.1) is 0 Å². The third kappa shape index (κ3) is 3.45. The fourth-order valence-electron chi connectivity index (χ4n) is 6.52. The molecule has 0 aliphatic carbocycles. The highest BCUT2D eigenvalue weighted by molar-refractivity contribution is 6.11. The minimum atomic E-state index is 0.909. The topological polar surface area (TPSA) is 22.4 Å². The Balaban J connectivity index is 1.11. The Labute approximate surface area is 243 Å². The third-order valence-electron chi connectivity index (χ3n) is 8.51. The molecule has 8 aromatic rings. The fourth-order valence-corrected chi connectivity index (χ4v) is 6.52. The molecule has 2 heterocycles. The van der Waals surface area contributed by atoms with Crippen LogP contribution >= 0.6 is 0 Å². The van der Waals surface area contributed by atoms with Crippen LogP contribution < -0.4 is 4.74 Å². The Hall–Kier alpha value is -5.60. The molecule has 0 amide bonds. The van der Waals surface area contributed by atoms with Crippen LogP contribution in [0, 0.1) is 0 Å². The quantitative estimate of drug-likeness (QED) is 0.224. The van der Waals surface area contributed by atoms with Gasteiger partial charge in [0.15, 0.2) is 0 Å². The zero-order chi connectivity index (χ0) is 27.6. The molecule has 1 aliphatic rings. The van der Waals surface area contributed by atoms with E-state index < -0.39 is 0 Å². The van der Waals surface area contributed by atoms with Crippen molar-refractivity contribution in [1.29, 1.82) is 0 Å². The van der Waals surface area contributed by atoms with Crippen LogP contribution in [-0.2, 0) is 0 Å². The van der Waals surface area contributed by atoms with E-state index in [0.717, 1.165) is 50.1 Å². The summed E-state index contributed by atoms with van der Waals surface area (Å²) < 4.78 is 12.6. The molecule has 42 heavy (non-hydrogen) atoms. The van der Waals surface area contributed by atoms with Crippen LogP contribution in [0.15, 0.2) is 150 Å². The van der Waals surface area contributed by atoms with Crippen molar-refractivity contribution in [3.8, 4) is 56.0 Å². The fraction of sp³-hybridized carbons (Fsp3) is 0. The van der Waals surface area contributed by atoms with Crippen LogP contribution in [0.2, 0.25) is 0 Å². The van der Waals surface area contributed by atoms with Gasteiger partial charge in [0.25, 0.3) is 0 Å². The van der Waals surface area contributed by atoms with Crippen molar-refractivity contribution >= 4 is 32.7 Å². The van der Waals surface area contributed by atoms with E-state index in [1.165, 1.54) is 38.6 Å². The summed E-state index contributed by atoms with van der Waals surface area (Å²) >= 11 is 0. The van der Waals surface area contributed by atoms with Crippen molar-refractivity contribution in [3.63, 3.8) is 0 Å². The summed E-state index contributed by atoms with van der Waals surface area (Å²) in [4.78, 5) is 0. The molecule has 0 spiro atoms. The van der Waals surface area contributed by atoms with Crippen LogP contribution in [0.4, 0.5) is 0 Å². The number of hydrogen-bond donors (Lipinski definition) is 0. The van der Waals surface area contributed by atoms with E-state index in [1.54, 1.807) is 0 Å². The third-order valence-corrected chi connectivity index (χ3v) is 8.51. The highest BCUT2D eigenvalue weighted by Gasteiger charge is 2.21. The second-order valence-corrected chi connectivity index (χ2v) is 10.9. The highest BCUT2D eigenvalue weighted by atomic mass is 16.5. The first-order chi connectivity index (χ1) is 20.8. The first-order valence-corrected chi connectivity index (χ1v) is 14.3. The maximum Gasteiger partial charge on any atom is 0.143 e. The maximum atomic E-state index is 6.32. The molecule has 0 saturated carbocycles. The van der Waals surface area contributed by atoms with E-state index in [0.29, 0.717) is 0 Å². The summed E-state index contributed by atoms with van der Waals surface area (Å²) in [5.41, 5.74) is 11.2. The van der Waals surface area contributed by atoms with Gasteiger partial charge in [0.05, 0.1) is 0 Å². The second kappa shape index (κ2) is 8.95. The lowest BCUT2D eigenvalue weighted by molar-refractivity contribution is 0.487. The van der Waals surface area contributed by atoms with E-state index in [4.69, 9.17) is 9.15 Å². The van der Waals surface area contributed by atoms with Crippen molar-refractivity contribution in [3.05, 3.63) is 146 Å². The minimum absolute atomic E-state index is 0.909. The van der Waals surface area contributed by atoms with Crippen molar-refractivity contribution in [1.82, 2.24) is 0 Å². The van der Waals surface area contributed by atoms with Crippen molar-refractivity contribution < 1.29 is 9.15 Å². The molecule has 0 unspecified atom stereocenters. The molecule has 0 saturated heterocycles. The van der Waals surface area contributed by atoms with E-state index >= 15 is 0 Å². The van der Waals surface area contributed by atoms with E-state index in [-0.39, 0.29) is 0 Å². The number of fused-ring (bicyclic) bond motifs is 5. The van der Waals surface area contributed by atoms with E-state index in [9.17, 15) is 0 Å². The molecule has 2 nitrogen and oxygen atoms in total. The average Bonchev–Trinajstić information content (AvgIpc) is 3.44. The molecule has 0 radical (unpaired) electrons. The first kappa shape index (κ1) is 23.1. The SMILES string of the molecule is c1cc(-c2ccc(-c3cccc4c3oc3ccccc34)cc2)cc(-c2ccc3c4c(cccc24)-c2ccccc2O3)c1. The highest BCUT2D eigenvalue weighted by Crippen LogP contribution is 2.48. The molecule has 9 rings (SSSR count). The number of furan rings is 1. The van der Waals surface area contributed by atoms with Gasteiger partial charge in [0, 0.05) is 27.3 Å². The van der Waals surface area contributed by atoms with Crippen LogP contribution in [-0.4, -0.2) is 0 Å². The number of para-hydroxylation sites is 3. The molecule has 0 N–H and O–H groups in total. The van der Waals surface area contributed by atoms with Gasteiger partial charge in [-0.05, 0) is 63.0 Å². The van der Waals surface area contributed by atoms with Crippen LogP contribution in [0.1, 0.15) is 0 Å². The normalized spacial score (nSPS) is 12.0. The lowest BCUT2D eigenvalue weighted by atomic mass is 9.89. The van der Waals surface area contributed by atoms with Crippen LogP contribution in [0.3, 0.4) is 0 Å². The number of hydrogen-bond acceptors (Lipinski definition) is 2. The maximum absolute atomic E-state index is 6.32. The molecule has 1 aromatic heterocycles. The van der Waals surface area contributed by atoms with Gasteiger partial charge in [0.1, 0.15) is 22.7 Å². The van der Waals surface area contributed by atoms with Gasteiger partial charge in [-0.3, -0.25) is 0 Å². The van der Waals surface area contributed by atoms with Gasteiger partial charge in [-0.2, -0.15) is 0 Å². The van der Waals surface area contributed by atoms with Crippen LogP contribution in [0.25, 0.3) is 77.2 Å². The Morgan fingerprint density at radius 3 is 1.98 bits per heavy atom. The van der Waals surface area contributed by atoms with Crippen LogP contribution in [0.5, 0.6) is 11.5 Å². The van der Waals surface area contributed by atoms with Gasteiger partial charge >= 0.3 is 0 Å². The number of benzene rings is 7. The summed E-state index contributed by atoms with van der Waals surface area (Å²) in [6, 6.07) is 51.4. The first-order valence-electron chi connectivity index (χ1n) is 14.3. The smallest absolute Gasteiger partial charge is 0.143 e. The van der Waals surface area contributed by atoms with Gasteiger partial charge in [0.2, 0.25) is 0 Å². The Bertz CT molecular complexity index is 2320. The van der Waals surface area contributed by atoms with E-state index in [2.05, 4.69) is 121 Å². The predicted octanol–water partition coefficient (Wildman–Crippen LogP) is 11.5. The Morgan fingerprint density at radius 1 is 0.357 bits per heavy atom. The summed E-state index contributed by atoms with van der Waals surface area (Å²) in [5, 5.41) is 4.67. The van der Waals surface area contributed by atoms with Crippen molar-refractivity contribution in [2.24, 2.45) is 0 Å². The summed E-state index contributed by atoms with van der Waals surface area (Å²) in [7, 11) is 0. The average molecular weight is 537 g/mol. The largest absolute Gasteiger partial charge is 0.456 e. The summed E-state index contributed by atoms with van der Waals surface area (Å²) in [6.07, 6.45) is 0. The van der Waals surface area contributed by atoms with Crippen molar-refractivity contribution in [2.45, 2.75) is 0 Å². The minimum Gasteiger partial charge on any atom is -0.456 e. The zero-order valence-electron chi connectivity index (χ0n) is 22.7. The predicted molar refractivity (Wildman–Crippen MR) is 173 cm³/mol. The standard InChI is InChI=1S/C40H24O2/c1-3-16-36-31(10-1)34-14-7-13-33-29(22-23-38(41-36)39(33)34)28-9-5-8-27(24-28)25-18-20-26(21-19-25)30-12-6-15-35-32-11-2-4-17-37(32)42-40(30)35/h1-24H. The lowest BCUT2D eigenvalue weighted by Gasteiger charge is -2.22. The zero-order valence-corrected chi connectivity index (χ0v) is 22.7. The molecule has 196 valence electrons. The Morgan fingerprint density at radius 2 is 1.05 bits per heavy atom. The molecule has 2 heteroatoms. The molecular formula is C40H24O2. The summed E-state index contributed by atoms with van der Waals surface area (Å²) in [5.74, 6) is 1.82. The van der Waals surface area contributed by atoms with Gasteiger partial charge < -0.3 is 9.15 Å². The van der Waals surface area contributed by atoms with Gasteiger partial charge in [-0.25, -0.2) is 0 Å². The van der Waals surface area contributed by atoms with Gasteiger partial charge in [-0.1, -0.05) is 121 Å². The Kier molecular flexibility index (Phi) is 4.93. The van der Waals surface area contributed by atoms with Crippen molar-refractivity contribution in [2.75, 3.05) is 0 Å². The number of rotatable bonds is 3. The monoisotopic (exact) mass is 536 g/mol. The summed E-state index contributed by atoms with van der Waals surface area (Å²) in [6.45, 7) is 0. The molecule has 7 aromatic carbocycles. The molecule has 0 bridgehead atoms. The van der Waals surface area contributed by atoms with E-state index in [1.807, 2.05) is 24.3 Å².